The molecule has 0 fully saturated rings. The van der Waals surface area contributed by atoms with Crippen molar-refractivity contribution in [2.45, 2.75) is 25.4 Å². The molecule has 0 aromatic heterocycles. The summed E-state index contributed by atoms with van der Waals surface area (Å²) in [6.07, 6.45) is 0.260. The fourth-order valence-corrected chi connectivity index (χ4v) is 1.52. The molecule has 136 valence electrons. The molecule has 1 aromatic rings. The highest BCUT2D eigenvalue weighted by Gasteiger charge is 2.14. The minimum atomic E-state index is -1.02. The van der Waals surface area contributed by atoms with E-state index in [-0.39, 0.29) is 6.42 Å². The van der Waals surface area contributed by atoms with Crippen molar-refractivity contribution < 1.29 is 29.3 Å². The maximum Gasteiger partial charge on any atom is 0.322 e. The van der Waals surface area contributed by atoms with Crippen molar-refractivity contribution in [3.63, 3.8) is 0 Å². The fourth-order valence-electron chi connectivity index (χ4n) is 1.52. The summed E-state index contributed by atoms with van der Waals surface area (Å²) < 4.78 is 10.2. The second kappa shape index (κ2) is 10.4. The molecule has 0 saturated heterocycles. The Kier molecular flexibility index (Phi) is 9.40. The monoisotopic (exact) mass is 343 g/mol. The zero-order chi connectivity index (χ0) is 18.9. The maximum absolute atomic E-state index is 10.6. The zero-order valence-corrected chi connectivity index (χ0v) is 14.2. The van der Waals surface area contributed by atoms with E-state index >= 15 is 0 Å². The highest BCUT2D eigenvalue weighted by atomic mass is 16.5. The van der Waals surface area contributed by atoms with Gasteiger partial charge in [0.1, 0.15) is 12.1 Å². The van der Waals surface area contributed by atoms with Gasteiger partial charge in [0.15, 0.2) is 11.5 Å². The number of nitrogens with zero attached hydrogens (tertiary/aromatic N) is 1. The Morgan fingerprint density at radius 1 is 1.17 bits per heavy atom. The van der Waals surface area contributed by atoms with E-state index in [9.17, 15) is 9.59 Å². The van der Waals surface area contributed by atoms with Crippen LogP contribution in [0, 0.1) is 0 Å². The lowest BCUT2D eigenvalue weighted by atomic mass is 10.1. The number of hydrogen-bond donors (Lipinski definition) is 4. The Hall–Kier alpha value is -2.36. The normalized spacial score (nSPS) is 12.6. The first-order chi connectivity index (χ1) is 11.1. The molecule has 0 aliphatic rings. The van der Waals surface area contributed by atoms with E-state index in [1.54, 1.807) is 25.3 Å². The van der Waals surface area contributed by atoms with E-state index < -0.39 is 24.0 Å². The maximum atomic E-state index is 10.6. The predicted octanol–water partition coefficient (Wildman–Crippen LogP) is -0.0768. The van der Waals surface area contributed by atoms with E-state index in [0.717, 1.165) is 10.6 Å². The number of rotatable bonds is 7. The summed E-state index contributed by atoms with van der Waals surface area (Å²) >= 11 is 0. The Morgan fingerprint density at radius 2 is 1.71 bits per heavy atom. The number of carbonyl (C=O) groups is 2. The largest absolute Gasteiger partial charge is 0.493 e. The molecule has 0 aliphatic heterocycles. The van der Waals surface area contributed by atoms with Gasteiger partial charge in [-0.05, 0) is 31.0 Å². The number of benzene rings is 1. The number of carboxylic acids is 2. The van der Waals surface area contributed by atoms with E-state index in [1.165, 1.54) is 21.1 Å². The molecule has 0 bridgehead atoms. The van der Waals surface area contributed by atoms with Crippen LogP contribution in [0.25, 0.3) is 0 Å². The third-order valence-corrected chi connectivity index (χ3v) is 3.19. The average Bonchev–Trinajstić information content (AvgIpc) is 2.54. The second-order valence-electron chi connectivity index (χ2n) is 5.02. The molecule has 0 saturated carbocycles. The summed E-state index contributed by atoms with van der Waals surface area (Å²) in [6, 6.07) is 3.71. The third-order valence-electron chi connectivity index (χ3n) is 3.19. The van der Waals surface area contributed by atoms with E-state index in [4.69, 9.17) is 31.3 Å². The molecule has 1 unspecified atom stereocenters. The number of aliphatic carboxylic acids is 2. The summed E-state index contributed by atoms with van der Waals surface area (Å²) in [7, 11) is 4.58. The summed E-state index contributed by atoms with van der Waals surface area (Å²) in [5.74, 6) is 4.34. The quantitative estimate of drug-likeness (QED) is 0.394. The Balaban J connectivity index is 0.000000561. The Bertz CT molecular complexity index is 550. The van der Waals surface area contributed by atoms with Crippen molar-refractivity contribution in [1.82, 2.24) is 5.01 Å². The minimum absolute atomic E-state index is 0.260. The van der Waals surface area contributed by atoms with Gasteiger partial charge < -0.3 is 25.4 Å². The van der Waals surface area contributed by atoms with Crippen LogP contribution in [0.4, 0.5) is 0 Å². The van der Waals surface area contributed by atoms with Gasteiger partial charge >= 0.3 is 11.9 Å². The lowest BCUT2D eigenvalue weighted by molar-refractivity contribution is -0.142. The van der Waals surface area contributed by atoms with Crippen molar-refractivity contribution in [3.05, 3.63) is 23.8 Å². The molecule has 0 aliphatic carbocycles. The minimum Gasteiger partial charge on any atom is -0.493 e. The van der Waals surface area contributed by atoms with E-state index in [1.807, 2.05) is 0 Å². The van der Waals surface area contributed by atoms with Crippen LogP contribution in [0.1, 0.15) is 12.5 Å². The summed E-state index contributed by atoms with van der Waals surface area (Å²) in [4.78, 5) is 20.6. The first-order valence-electron chi connectivity index (χ1n) is 7.03. The summed E-state index contributed by atoms with van der Waals surface area (Å²) in [5.41, 5.74) is 6.24. The van der Waals surface area contributed by atoms with Crippen molar-refractivity contribution in [3.8, 4) is 11.5 Å². The van der Waals surface area contributed by atoms with Gasteiger partial charge in [-0.1, -0.05) is 6.07 Å². The lowest BCUT2D eigenvalue weighted by Gasteiger charge is -2.13. The predicted molar refractivity (Wildman–Crippen MR) is 87.9 cm³/mol. The fraction of sp³-hybridized carbons (Fsp3) is 0.467. The molecule has 6 N–H and O–H groups in total. The number of hydrogen-bond acceptors (Lipinski definition) is 7. The smallest absolute Gasteiger partial charge is 0.322 e. The van der Waals surface area contributed by atoms with Gasteiger partial charge in [0.25, 0.3) is 0 Å². The van der Waals surface area contributed by atoms with Gasteiger partial charge in [-0.3, -0.25) is 15.4 Å². The molecule has 0 spiro atoms. The van der Waals surface area contributed by atoms with Gasteiger partial charge in [0.05, 0.1) is 14.2 Å². The van der Waals surface area contributed by atoms with Crippen LogP contribution < -0.4 is 21.1 Å². The van der Waals surface area contributed by atoms with E-state index in [0.29, 0.717) is 11.5 Å². The number of methoxy groups -OCH3 is 2. The van der Waals surface area contributed by atoms with Crippen LogP contribution in [0.5, 0.6) is 11.5 Å². The Morgan fingerprint density at radius 3 is 2.04 bits per heavy atom. The van der Waals surface area contributed by atoms with Crippen LogP contribution in [0.3, 0.4) is 0 Å². The number of hydrazine groups is 1. The van der Waals surface area contributed by atoms with Crippen LogP contribution >= 0.6 is 0 Å². The van der Waals surface area contributed by atoms with Crippen LogP contribution in [-0.4, -0.2) is 60.5 Å². The van der Waals surface area contributed by atoms with E-state index in [2.05, 4.69) is 0 Å². The van der Waals surface area contributed by atoms with Crippen molar-refractivity contribution in [2.75, 3.05) is 21.3 Å². The molecular weight excluding hydrogens is 318 g/mol. The highest BCUT2D eigenvalue weighted by Crippen LogP contribution is 2.27. The standard InChI is InChI=1S/C11H15NO4.C4H10N2O2/c1-15-9-4-3-7(6-10(9)16-2)5-8(12)11(13)14;1-3(4(7)8)6(2)5/h3-4,6,8H,5,12H2,1-2H3,(H,13,14);3H,5H2,1-2H3,(H,7,8)/t8-;/m0./s1. The lowest BCUT2D eigenvalue weighted by Crippen LogP contribution is -2.40. The van der Waals surface area contributed by atoms with Gasteiger partial charge in [-0.15, -0.1) is 0 Å². The molecule has 1 aromatic carbocycles. The van der Waals surface area contributed by atoms with Crippen molar-refractivity contribution in [1.29, 1.82) is 0 Å². The topological polar surface area (TPSA) is 148 Å². The third kappa shape index (κ3) is 7.27. The molecule has 2 atom stereocenters. The zero-order valence-electron chi connectivity index (χ0n) is 14.2. The molecule has 24 heavy (non-hydrogen) atoms. The van der Waals surface area contributed by atoms with Gasteiger partial charge in [-0.2, -0.15) is 0 Å². The van der Waals surface area contributed by atoms with Gasteiger partial charge in [0.2, 0.25) is 0 Å². The highest BCUT2D eigenvalue weighted by molar-refractivity contribution is 5.73. The molecule has 0 amide bonds. The Labute approximate surface area is 140 Å². The molecule has 9 nitrogen and oxygen atoms in total. The average molecular weight is 343 g/mol. The SMILES string of the molecule is CC(C(=O)O)N(C)N.COc1ccc(C[C@H](N)C(=O)O)cc1OC. The van der Waals surface area contributed by atoms with Crippen molar-refractivity contribution in [2.24, 2.45) is 11.6 Å². The van der Waals surface area contributed by atoms with Gasteiger partial charge in [0, 0.05) is 7.05 Å². The first-order valence-corrected chi connectivity index (χ1v) is 7.03. The molecular formula is C15H25N3O6. The van der Waals surface area contributed by atoms with Gasteiger partial charge in [-0.25, -0.2) is 5.01 Å². The van der Waals surface area contributed by atoms with Crippen LogP contribution in [0.15, 0.2) is 18.2 Å². The number of likely N-dealkylation sites (N-methyl/N-ethyl adjacent to an activating group) is 1. The number of nitrogens with two attached hydrogens (primary N) is 2. The molecule has 9 heteroatoms. The summed E-state index contributed by atoms with van der Waals surface area (Å²) in [6.45, 7) is 1.52. The van der Waals surface area contributed by atoms with Crippen LogP contribution in [0.2, 0.25) is 0 Å². The molecule has 0 heterocycles. The molecule has 1 rings (SSSR count). The first kappa shape index (κ1) is 21.6. The van der Waals surface area contributed by atoms with Crippen molar-refractivity contribution >= 4 is 11.9 Å². The summed E-state index contributed by atoms with van der Waals surface area (Å²) in [5, 5.41) is 18.1. The van der Waals surface area contributed by atoms with Crippen LogP contribution in [-0.2, 0) is 16.0 Å². The number of ether oxygens (including phenoxy) is 2. The molecule has 0 radical (unpaired) electrons. The number of carboxylic acid groups (broad SMARTS) is 2. The second-order valence-corrected chi connectivity index (χ2v) is 5.02.